The number of benzene rings is 6. The Morgan fingerprint density at radius 1 is 0.455 bits per heavy atom. The number of nitrogens with zero attached hydrogens (tertiary/aromatic N) is 14. The number of nitrogens with one attached hydrogen (secondary N) is 2. The van der Waals surface area contributed by atoms with Crippen molar-refractivity contribution in [2.45, 2.75) is 144 Å². The van der Waals surface area contributed by atoms with Crippen LogP contribution in [-0.4, -0.2) is 128 Å². The molecule has 0 saturated heterocycles. The first-order chi connectivity index (χ1) is 59.8. The number of hydrogen-bond donors (Lipinski definition) is 4. The van der Waals surface area contributed by atoms with E-state index in [1.165, 1.54) is 92.1 Å². The SMILES string of the molecule is C#Cc1ccc(-c2c3nc(c(-c4ccc(-c5cn(-c6ccc(/C=C/c7ccc(N=[N+]=[N-])cc7S(=O)(=O)O)c(S(=O)(=O)O)c6)nn5)cc4)c4ccc([nH]4)c(-c4ccc(C#C)cc4)c4nc(c(-c5ccc(-c6cn(CCCCCCCCCCC[Si](OC)(OC)O[Si](CCCCCCCCCCCN=[N+]=[N-])(OC)OC)nn6)cc5)c5ccc2[nH]5)C=C4)C=C3)cc1. The highest BCUT2D eigenvalue weighted by Gasteiger charge is 2.51. The summed E-state index contributed by atoms with van der Waals surface area (Å²) in [6.45, 7) is 1.35. The van der Waals surface area contributed by atoms with Gasteiger partial charge >= 0.3 is 17.6 Å². The standard InChI is InChI=1S/C92H96N16O11S2Si2/c1-7-65-27-31-71(32-28-65)89-77-49-53-81(96-77)91(73-41-35-67(36-42-73)85-63-107(105-101-85)58-24-20-16-12-10-14-18-22-26-60-123(117-5,118-6)119-122(115-3,116-4)59-25-21-17-13-9-11-15-19-23-57-95-103-93)82-54-50-78(97-82)90(72-33-29-66(8-2)30-34-72)80-52-56-84(99-80)92(83-55-51-79(89)98-83)74-43-37-68(38-44-74)86-64-108(106-102-86)76-48-46-70(88(62-76)121(112,113)114)40-39-69-45-47-75(100-104-94)61-87(69)120(109,110)111/h1-2,27-56,61-64,96,99H,9-26,57-60H2,3-6H3,(H,109,110,111)(H,112,113,114)/b40-39+,89-77?,89-79?,90-78?,90-80?,91-81?,91-82?,92-83?,92-84?. The van der Waals surface area contributed by atoms with Crippen LogP contribution in [0.3, 0.4) is 0 Å². The first-order valence-electron chi connectivity index (χ1n) is 41.0. The molecule has 7 heterocycles. The number of unbranched alkanes of at least 4 members (excludes halogenated alkanes) is 16. The number of fused-ring (bicyclic) bond motifs is 8. The van der Waals surface area contributed by atoms with E-state index in [9.17, 15) is 25.9 Å². The highest BCUT2D eigenvalue weighted by Crippen LogP contribution is 2.41. The van der Waals surface area contributed by atoms with Gasteiger partial charge in [-0.1, -0.05) is 226 Å². The minimum absolute atomic E-state index is 0.0263. The summed E-state index contributed by atoms with van der Waals surface area (Å²) in [6.07, 6.45) is 46.0. The van der Waals surface area contributed by atoms with Gasteiger partial charge in [0, 0.05) is 136 Å². The van der Waals surface area contributed by atoms with E-state index in [-0.39, 0.29) is 22.5 Å². The van der Waals surface area contributed by atoms with Crippen molar-refractivity contribution in [3.63, 3.8) is 0 Å². The van der Waals surface area contributed by atoms with Gasteiger partial charge in [0.15, 0.2) is 0 Å². The molecule has 11 aromatic rings. The third-order valence-corrected chi connectivity index (χ3v) is 30.8. The van der Waals surface area contributed by atoms with Crippen LogP contribution < -0.4 is 0 Å². The zero-order valence-electron chi connectivity index (χ0n) is 69.0. The van der Waals surface area contributed by atoms with Gasteiger partial charge in [-0.25, -0.2) is 14.6 Å². The second kappa shape index (κ2) is 41.5. The summed E-state index contributed by atoms with van der Waals surface area (Å²) < 4.78 is 105. The molecule has 0 unspecified atom stereocenters. The second-order valence-electron chi connectivity index (χ2n) is 30.0. The number of aromatic amines is 2. The number of aryl methyl sites for hydroxylation is 1. The quantitative estimate of drug-likeness (QED) is 0.00403. The molecule has 2 aliphatic rings. The summed E-state index contributed by atoms with van der Waals surface area (Å²) in [7, 11) is -9.03. The Balaban J connectivity index is 0.713. The Bertz CT molecular complexity index is 6260. The lowest BCUT2D eigenvalue weighted by Crippen LogP contribution is -2.57. The van der Waals surface area contributed by atoms with Crippen LogP contribution in [0.25, 0.3) is 152 Å². The van der Waals surface area contributed by atoms with Crippen molar-refractivity contribution in [1.29, 1.82) is 0 Å². The maximum atomic E-state index is 12.9. The first-order valence-corrected chi connectivity index (χ1v) is 47.8. The van der Waals surface area contributed by atoms with Crippen molar-refractivity contribution in [1.82, 2.24) is 49.9 Å². The molecule has 6 aromatic carbocycles. The molecule has 4 N–H and O–H groups in total. The largest absolute Gasteiger partial charge is 0.493 e. The van der Waals surface area contributed by atoms with Crippen molar-refractivity contribution in [2.75, 3.05) is 35.0 Å². The highest BCUT2D eigenvalue weighted by molar-refractivity contribution is 7.86. The van der Waals surface area contributed by atoms with Gasteiger partial charge in [0.05, 0.1) is 40.9 Å². The maximum absolute atomic E-state index is 12.9. The van der Waals surface area contributed by atoms with Crippen LogP contribution in [-0.2, 0) is 48.6 Å². The molecule has 27 nitrogen and oxygen atoms in total. The second-order valence-corrected chi connectivity index (χ2v) is 39.0. The summed E-state index contributed by atoms with van der Waals surface area (Å²) in [5.41, 5.74) is 34.2. The molecule has 0 fully saturated rings. The zero-order valence-corrected chi connectivity index (χ0v) is 72.6. The van der Waals surface area contributed by atoms with E-state index in [0.717, 1.165) is 184 Å². The third kappa shape index (κ3) is 22.2. The molecule has 31 heteroatoms. The fraction of sp³-hybridized carbons (Fsp3) is 0.283. The maximum Gasteiger partial charge on any atom is 0.493 e. The molecular weight excluding hydrogens is 1630 g/mol. The van der Waals surface area contributed by atoms with Crippen molar-refractivity contribution in [3.8, 4) is 97.4 Å². The average Bonchev–Trinajstić information content (AvgIpc) is 1.64. The number of rotatable bonds is 42. The molecule has 13 rings (SSSR count). The molecule has 8 bridgehead atoms. The molecular formula is C92H96N16O11S2Si2. The molecule has 0 saturated carbocycles. The van der Waals surface area contributed by atoms with Crippen LogP contribution in [0.1, 0.15) is 161 Å². The van der Waals surface area contributed by atoms with Gasteiger partial charge in [0.1, 0.15) is 21.2 Å². The smallest absolute Gasteiger partial charge is 0.377 e. The van der Waals surface area contributed by atoms with E-state index in [1.807, 2.05) is 120 Å². The topological polar surface area (TPSA) is 371 Å². The Kier molecular flexibility index (Phi) is 29.9. The van der Waals surface area contributed by atoms with Gasteiger partial charge in [-0.2, -0.15) is 16.8 Å². The number of H-pyrrole nitrogens is 2. The fourth-order valence-corrected chi connectivity index (χ4v) is 23.5. The molecule has 0 aliphatic carbocycles. The Morgan fingerprint density at radius 3 is 1.24 bits per heavy atom. The van der Waals surface area contributed by atoms with E-state index in [4.69, 9.17) is 55.7 Å². The molecule has 0 radical (unpaired) electrons. The van der Waals surface area contributed by atoms with Crippen LogP contribution >= 0.6 is 0 Å². The van der Waals surface area contributed by atoms with Gasteiger partial charge in [-0.15, -0.1) is 23.0 Å². The zero-order chi connectivity index (χ0) is 86.4. The Hall–Kier alpha value is -12.3. The molecule has 630 valence electrons. The molecule has 5 aromatic heterocycles. The van der Waals surface area contributed by atoms with E-state index < -0.39 is 47.6 Å². The monoisotopic (exact) mass is 1720 g/mol. The predicted octanol–water partition coefficient (Wildman–Crippen LogP) is 22.2. The van der Waals surface area contributed by atoms with E-state index in [2.05, 4.69) is 98.9 Å². The van der Waals surface area contributed by atoms with Crippen LogP contribution in [0.5, 0.6) is 0 Å². The minimum atomic E-state index is -4.90. The van der Waals surface area contributed by atoms with Crippen molar-refractivity contribution in [3.05, 3.63) is 236 Å². The predicted molar refractivity (Wildman–Crippen MR) is 487 cm³/mol. The highest BCUT2D eigenvalue weighted by atomic mass is 32.2. The number of azide groups is 2. The lowest BCUT2D eigenvalue weighted by molar-refractivity contribution is 0.0856. The lowest BCUT2D eigenvalue weighted by Gasteiger charge is -2.35. The lowest BCUT2D eigenvalue weighted by atomic mass is 10.0. The van der Waals surface area contributed by atoms with Gasteiger partial charge in [0.25, 0.3) is 20.2 Å². The van der Waals surface area contributed by atoms with Crippen LogP contribution in [0.2, 0.25) is 12.1 Å². The van der Waals surface area contributed by atoms with Crippen LogP contribution in [0.4, 0.5) is 5.69 Å². The van der Waals surface area contributed by atoms with Gasteiger partial charge in [0.2, 0.25) is 0 Å². The van der Waals surface area contributed by atoms with Crippen molar-refractivity contribution in [2.24, 2.45) is 10.2 Å². The normalized spacial score (nSPS) is 12.2. The average molecular weight is 1720 g/mol. The molecule has 0 spiro atoms. The summed E-state index contributed by atoms with van der Waals surface area (Å²) in [6, 6.07) is 49.1. The summed E-state index contributed by atoms with van der Waals surface area (Å²) in [5.74, 6) is 5.53. The van der Waals surface area contributed by atoms with Gasteiger partial charge < -0.3 is 31.8 Å². The third-order valence-electron chi connectivity index (χ3n) is 22.1. The summed E-state index contributed by atoms with van der Waals surface area (Å²) in [5, 5.41) is 25.0. The molecule has 123 heavy (non-hydrogen) atoms. The van der Waals surface area contributed by atoms with Crippen LogP contribution in [0, 0.1) is 24.7 Å². The number of hydrogen-bond acceptors (Lipinski definition) is 17. The van der Waals surface area contributed by atoms with Gasteiger partial charge in [-0.05, 0) is 161 Å². The Morgan fingerprint density at radius 2 is 0.829 bits per heavy atom. The Labute approximate surface area is 717 Å². The molecule has 0 amide bonds. The molecule has 2 aliphatic heterocycles. The van der Waals surface area contributed by atoms with Gasteiger partial charge in [-0.3, -0.25) is 13.8 Å². The minimum Gasteiger partial charge on any atom is -0.377 e. The van der Waals surface area contributed by atoms with Crippen molar-refractivity contribution >= 4 is 102 Å². The molecule has 0 atom stereocenters. The number of aromatic nitrogens is 10. The fourth-order valence-electron chi connectivity index (χ4n) is 15.5. The van der Waals surface area contributed by atoms with E-state index in [0.29, 0.717) is 40.9 Å². The summed E-state index contributed by atoms with van der Waals surface area (Å²) >= 11 is 0. The van der Waals surface area contributed by atoms with Crippen molar-refractivity contribution < 1.29 is 47.8 Å². The van der Waals surface area contributed by atoms with E-state index in [1.54, 1.807) is 34.6 Å². The number of terminal acetylenes is 2. The summed E-state index contributed by atoms with van der Waals surface area (Å²) in [4.78, 5) is 23.0. The van der Waals surface area contributed by atoms with Crippen LogP contribution in [0.15, 0.2) is 190 Å². The van der Waals surface area contributed by atoms with E-state index >= 15 is 0 Å². The first kappa shape index (κ1) is 88.5.